The number of aryl methyl sites for hydroxylation is 1. The highest BCUT2D eigenvalue weighted by Crippen LogP contribution is 2.28. The van der Waals surface area contributed by atoms with Crippen molar-refractivity contribution in [1.82, 2.24) is 4.98 Å². The number of nitrogens with one attached hydrogen (secondary N) is 1. The molecule has 0 saturated heterocycles. The van der Waals surface area contributed by atoms with E-state index in [1.807, 2.05) is 19.9 Å². The molecule has 1 heterocycles. The number of aromatic nitrogens is 1. The Balaban J connectivity index is 2.21. The highest BCUT2D eigenvalue weighted by atomic mass is 32.2. The highest BCUT2D eigenvalue weighted by Gasteiger charge is 2.28. The minimum atomic E-state index is -4.32. The number of pyridine rings is 1. The Bertz CT molecular complexity index is 717. The van der Waals surface area contributed by atoms with E-state index in [1.54, 1.807) is 12.1 Å². The van der Waals surface area contributed by atoms with Gasteiger partial charge in [-0.05, 0) is 43.2 Å². The first-order valence-corrected chi connectivity index (χ1v) is 7.78. The third kappa shape index (κ3) is 4.72. The van der Waals surface area contributed by atoms with Crippen LogP contribution >= 0.6 is 11.8 Å². The topological polar surface area (TPSA) is 42.0 Å². The van der Waals surface area contributed by atoms with Gasteiger partial charge in [-0.25, -0.2) is 4.98 Å². The molecule has 2 rings (SSSR count). The average Bonchev–Trinajstić information content (AvgIpc) is 2.49. The van der Waals surface area contributed by atoms with Gasteiger partial charge < -0.3 is 5.32 Å². The summed E-state index contributed by atoms with van der Waals surface area (Å²) < 4.78 is 37.1. The van der Waals surface area contributed by atoms with Crippen LogP contribution in [0.3, 0.4) is 0 Å². The van der Waals surface area contributed by atoms with Gasteiger partial charge in [0.1, 0.15) is 5.03 Å². The normalized spacial score (nSPS) is 11.3. The second-order valence-electron chi connectivity index (χ2n) is 4.96. The lowest BCUT2D eigenvalue weighted by molar-refractivity contribution is -0.105. The zero-order valence-electron chi connectivity index (χ0n) is 12.6. The third-order valence-electron chi connectivity index (χ3n) is 3.24. The fourth-order valence-corrected chi connectivity index (χ4v) is 2.66. The molecule has 0 spiro atoms. The molecule has 3 nitrogen and oxygen atoms in total. The summed E-state index contributed by atoms with van der Waals surface area (Å²) in [5.74, 6) is -1.57. The summed E-state index contributed by atoms with van der Waals surface area (Å²) >= 11 is 0.503. The Morgan fingerprint density at radius 1 is 1.22 bits per heavy atom. The Hall–Kier alpha value is -2.02. The second-order valence-corrected chi connectivity index (χ2v) is 5.93. The predicted molar refractivity (Wildman–Crippen MR) is 84.9 cm³/mol. The first-order valence-electron chi connectivity index (χ1n) is 6.80. The van der Waals surface area contributed by atoms with Crippen molar-refractivity contribution in [2.45, 2.75) is 25.0 Å². The van der Waals surface area contributed by atoms with Crippen molar-refractivity contribution in [2.75, 3.05) is 11.1 Å². The van der Waals surface area contributed by atoms with Crippen LogP contribution in [0, 0.1) is 13.8 Å². The van der Waals surface area contributed by atoms with Crippen LogP contribution in [-0.2, 0) is 0 Å². The van der Waals surface area contributed by atoms with Crippen LogP contribution in [0.25, 0.3) is 0 Å². The molecular weight excluding hydrogens is 325 g/mol. The van der Waals surface area contributed by atoms with Crippen LogP contribution in [0.5, 0.6) is 0 Å². The summed E-state index contributed by atoms with van der Waals surface area (Å²) in [7, 11) is 0. The summed E-state index contributed by atoms with van der Waals surface area (Å²) in [6, 6.07) is 8.46. The van der Waals surface area contributed by atoms with Gasteiger partial charge in [0, 0.05) is 11.9 Å². The van der Waals surface area contributed by atoms with Crippen molar-refractivity contribution in [3.8, 4) is 0 Å². The smallest absolute Gasteiger partial charge is 0.322 e. The number of nitrogens with zero attached hydrogens (tertiary/aromatic N) is 1. The van der Waals surface area contributed by atoms with Gasteiger partial charge in [-0.3, -0.25) is 4.79 Å². The molecule has 0 atom stereocenters. The number of thioether (sulfide) groups is 1. The number of amides is 1. The van der Waals surface area contributed by atoms with Gasteiger partial charge in [-0.15, -0.1) is 0 Å². The van der Waals surface area contributed by atoms with E-state index < -0.39 is 17.8 Å². The minimum Gasteiger partial charge on any atom is -0.322 e. The molecule has 1 aromatic carbocycles. The highest BCUT2D eigenvalue weighted by molar-refractivity contribution is 7.99. The number of rotatable bonds is 4. The van der Waals surface area contributed by atoms with Crippen molar-refractivity contribution in [1.29, 1.82) is 0 Å². The molecule has 1 amide bonds. The van der Waals surface area contributed by atoms with Gasteiger partial charge in [0.2, 0.25) is 0 Å². The zero-order valence-corrected chi connectivity index (χ0v) is 13.4. The Morgan fingerprint density at radius 2 is 1.96 bits per heavy atom. The van der Waals surface area contributed by atoms with Gasteiger partial charge in [0.05, 0.1) is 11.3 Å². The number of carbonyl (C=O) groups is 1. The van der Waals surface area contributed by atoms with Crippen molar-refractivity contribution in [3.63, 3.8) is 0 Å². The predicted octanol–water partition coefficient (Wildman–Crippen LogP) is 4.61. The molecule has 1 N–H and O–H groups in total. The van der Waals surface area contributed by atoms with E-state index in [4.69, 9.17) is 0 Å². The molecule has 0 unspecified atom stereocenters. The van der Waals surface area contributed by atoms with Gasteiger partial charge >= 0.3 is 6.18 Å². The van der Waals surface area contributed by atoms with Crippen LogP contribution in [0.15, 0.2) is 41.6 Å². The average molecular weight is 340 g/mol. The Kier molecular flexibility index (Phi) is 5.30. The lowest BCUT2D eigenvalue weighted by Gasteiger charge is -2.12. The summed E-state index contributed by atoms with van der Waals surface area (Å²) in [6.07, 6.45) is -2.95. The largest absolute Gasteiger partial charge is 0.398 e. The fourth-order valence-electron chi connectivity index (χ4n) is 1.90. The van der Waals surface area contributed by atoms with Crippen LogP contribution in [-0.4, -0.2) is 22.8 Å². The van der Waals surface area contributed by atoms with E-state index in [9.17, 15) is 18.0 Å². The number of hydrogen-bond donors (Lipinski definition) is 1. The molecule has 122 valence electrons. The molecule has 0 saturated carbocycles. The van der Waals surface area contributed by atoms with Crippen LogP contribution < -0.4 is 5.32 Å². The quantitative estimate of drug-likeness (QED) is 0.827. The zero-order chi connectivity index (χ0) is 17.0. The van der Waals surface area contributed by atoms with Crippen molar-refractivity contribution < 1.29 is 18.0 Å². The van der Waals surface area contributed by atoms with Gasteiger partial charge in [-0.1, -0.05) is 23.9 Å². The van der Waals surface area contributed by atoms with E-state index >= 15 is 0 Å². The van der Waals surface area contributed by atoms with Gasteiger partial charge in [-0.2, -0.15) is 13.2 Å². The van der Waals surface area contributed by atoms with E-state index in [-0.39, 0.29) is 10.6 Å². The summed E-state index contributed by atoms with van der Waals surface area (Å²) in [5, 5.41) is 2.79. The summed E-state index contributed by atoms with van der Waals surface area (Å²) in [5.41, 5.74) is 2.68. The van der Waals surface area contributed by atoms with Crippen LogP contribution in [0.4, 0.5) is 18.9 Å². The Morgan fingerprint density at radius 3 is 2.65 bits per heavy atom. The van der Waals surface area contributed by atoms with E-state index in [0.717, 1.165) is 11.1 Å². The molecule has 2 aromatic rings. The Labute approximate surface area is 136 Å². The van der Waals surface area contributed by atoms with E-state index in [2.05, 4.69) is 10.3 Å². The molecule has 0 fully saturated rings. The number of alkyl halides is 3. The minimum absolute atomic E-state index is 0.0626. The molecule has 1 aromatic heterocycles. The molecule has 23 heavy (non-hydrogen) atoms. The van der Waals surface area contributed by atoms with Gasteiger partial charge in [0.25, 0.3) is 5.91 Å². The number of anilines is 1. The molecule has 0 aliphatic heterocycles. The third-order valence-corrected chi connectivity index (χ3v) is 4.31. The van der Waals surface area contributed by atoms with Crippen molar-refractivity contribution in [3.05, 3.63) is 53.2 Å². The number of halogens is 3. The maximum absolute atomic E-state index is 12.4. The van der Waals surface area contributed by atoms with E-state index in [0.29, 0.717) is 17.4 Å². The number of carbonyl (C=O) groups excluding carboxylic acids is 1. The maximum atomic E-state index is 12.4. The molecule has 0 bridgehead atoms. The first-order chi connectivity index (χ1) is 10.8. The first kappa shape index (κ1) is 17.3. The van der Waals surface area contributed by atoms with Crippen molar-refractivity contribution in [2.24, 2.45) is 0 Å². The van der Waals surface area contributed by atoms with Crippen molar-refractivity contribution >= 4 is 23.4 Å². The molecule has 0 radical (unpaired) electrons. The van der Waals surface area contributed by atoms with Crippen LogP contribution in [0.1, 0.15) is 21.5 Å². The molecule has 7 heteroatoms. The van der Waals surface area contributed by atoms with Gasteiger partial charge in [0.15, 0.2) is 0 Å². The number of hydrogen-bond acceptors (Lipinski definition) is 3. The SMILES string of the molecule is Cc1cccc(NC(=O)c2cccnc2SCC(F)(F)F)c1C. The number of benzene rings is 1. The fraction of sp³-hybridized carbons (Fsp3) is 0.250. The lowest BCUT2D eigenvalue weighted by Crippen LogP contribution is -2.16. The molecular formula is C16H15F3N2OS. The molecule has 0 aliphatic carbocycles. The lowest BCUT2D eigenvalue weighted by atomic mass is 10.1. The maximum Gasteiger partial charge on any atom is 0.398 e. The summed E-state index contributed by atoms with van der Waals surface area (Å²) in [6.45, 7) is 3.78. The monoisotopic (exact) mass is 340 g/mol. The van der Waals surface area contributed by atoms with Crippen LogP contribution in [0.2, 0.25) is 0 Å². The standard InChI is InChI=1S/C16H15F3N2OS/c1-10-5-3-7-13(11(10)2)21-14(22)12-6-4-8-20-15(12)23-9-16(17,18)19/h3-8H,9H2,1-2H3,(H,21,22). The van der Waals surface area contributed by atoms with E-state index in [1.165, 1.54) is 18.3 Å². The second kappa shape index (κ2) is 7.04. The summed E-state index contributed by atoms with van der Waals surface area (Å²) in [4.78, 5) is 16.3. The molecule has 0 aliphatic rings.